The number of hydrogen-bond donors (Lipinski definition) is 1. The molecule has 1 aromatic carbocycles. The summed E-state index contributed by atoms with van der Waals surface area (Å²) in [7, 11) is 2.11. The van der Waals surface area contributed by atoms with Crippen LogP contribution in [0.5, 0.6) is 0 Å². The van der Waals surface area contributed by atoms with Gasteiger partial charge in [0.05, 0.1) is 6.61 Å². The van der Waals surface area contributed by atoms with Crippen molar-refractivity contribution in [2.45, 2.75) is 26.8 Å². The summed E-state index contributed by atoms with van der Waals surface area (Å²) in [6.45, 7) is 9.35. The highest BCUT2D eigenvalue weighted by Gasteiger charge is 2.17. The van der Waals surface area contributed by atoms with Crippen molar-refractivity contribution in [3.63, 3.8) is 0 Å². The van der Waals surface area contributed by atoms with Gasteiger partial charge in [-0.2, -0.15) is 0 Å². The number of ether oxygens (including phenoxy) is 1. The number of likely N-dealkylation sites (N-methyl/N-ethyl adjacent to an activating group) is 1. The largest absolute Gasteiger partial charge is 0.380 e. The summed E-state index contributed by atoms with van der Waals surface area (Å²) in [5.41, 5.74) is 9.87. The number of aryl methyl sites for hydroxylation is 2. The molecule has 2 N–H and O–H groups in total. The van der Waals surface area contributed by atoms with E-state index in [2.05, 4.69) is 44.0 Å². The van der Waals surface area contributed by atoms with Gasteiger partial charge in [-0.1, -0.05) is 23.8 Å². The predicted octanol–water partition coefficient (Wildman–Crippen LogP) is 2.27. The minimum atomic E-state index is 0.269. The Labute approximate surface area is 111 Å². The molecular weight excluding hydrogens is 224 g/mol. The molecule has 0 spiro atoms. The second-order valence-corrected chi connectivity index (χ2v) is 4.79. The fourth-order valence-electron chi connectivity index (χ4n) is 2.17. The van der Waals surface area contributed by atoms with Crippen LogP contribution in [0, 0.1) is 13.8 Å². The van der Waals surface area contributed by atoms with Crippen LogP contribution in [0.3, 0.4) is 0 Å². The third-order valence-corrected chi connectivity index (χ3v) is 3.34. The first-order valence-corrected chi connectivity index (χ1v) is 6.65. The minimum Gasteiger partial charge on any atom is -0.380 e. The van der Waals surface area contributed by atoms with E-state index in [1.54, 1.807) is 0 Å². The predicted molar refractivity (Wildman–Crippen MR) is 76.8 cm³/mol. The number of hydrogen-bond acceptors (Lipinski definition) is 3. The molecule has 1 unspecified atom stereocenters. The molecule has 1 aromatic rings. The van der Waals surface area contributed by atoms with E-state index in [1.807, 2.05) is 6.92 Å². The lowest BCUT2D eigenvalue weighted by Crippen LogP contribution is -2.33. The van der Waals surface area contributed by atoms with Crippen molar-refractivity contribution in [2.75, 3.05) is 33.4 Å². The van der Waals surface area contributed by atoms with Crippen LogP contribution in [-0.4, -0.2) is 38.3 Å². The summed E-state index contributed by atoms with van der Waals surface area (Å²) < 4.78 is 5.41. The zero-order valence-electron chi connectivity index (χ0n) is 12.1. The number of benzene rings is 1. The highest BCUT2D eigenvalue weighted by Crippen LogP contribution is 2.22. The standard InChI is InChI=1S/C15H26N2O/c1-5-18-9-8-17(4)15(11-16)14-10-12(2)6-7-13(14)3/h6-7,10,15H,5,8-9,11,16H2,1-4H3. The Morgan fingerprint density at radius 2 is 2.06 bits per heavy atom. The quantitative estimate of drug-likeness (QED) is 0.755. The molecule has 1 rings (SSSR count). The van der Waals surface area contributed by atoms with Crippen molar-refractivity contribution in [2.24, 2.45) is 5.73 Å². The highest BCUT2D eigenvalue weighted by molar-refractivity contribution is 5.33. The third kappa shape index (κ3) is 4.09. The Morgan fingerprint density at radius 1 is 1.33 bits per heavy atom. The molecule has 3 nitrogen and oxygen atoms in total. The van der Waals surface area contributed by atoms with Crippen molar-refractivity contribution in [3.8, 4) is 0 Å². The average molecular weight is 250 g/mol. The van der Waals surface area contributed by atoms with Crippen LogP contribution in [-0.2, 0) is 4.74 Å². The zero-order chi connectivity index (χ0) is 13.5. The molecule has 0 bridgehead atoms. The van der Waals surface area contributed by atoms with Crippen LogP contribution in [0.1, 0.15) is 29.7 Å². The molecule has 3 heteroatoms. The second-order valence-electron chi connectivity index (χ2n) is 4.79. The van der Waals surface area contributed by atoms with Crippen molar-refractivity contribution in [1.82, 2.24) is 4.90 Å². The first-order chi connectivity index (χ1) is 8.60. The molecule has 0 aliphatic heterocycles. The summed E-state index contributed by atoms with van der Waals surface area (Å²) in [5, 5.41) is 0. The summed E-state index contributed by atoms with van der Waals surface area (Å²) in [6, 6.07) is 6.82. The topological polar surface area (TPSA) is 38.5 Å². The molecule has 0 aliphatic carbocycles. The van der Waals surface area contributed by atoms with E-state index in [4.69, 9.17) is 10.5 Å². The smallest absolute Gasteiger partial charge is 0.0593 e. The molecule has 0 aliphatic rings. The van der Waals surface area contributed by atoms with Gasteiger partial charge in [0.2, 0.25) is 0 Å². The fourth-order valence-corrected chi connectivity index (χ4v) is 2.17. The van der Waals surface area contributed by atoms with E-state index in [-0.39, 0.29) is 6.04 Å². The monoisotopic (exact) mass is 250 g/mol. The Hall–Kier alpha value is -0.900. The maximum absolute atomic E-state index is 5.95. The lowest BCUT2D eigenvalue weighted by molar-refractivity contribution is 0.108. The van der Waals surface area contributed by atoms with Crippen molar-refractivity contribution >= 4 is 0 Å². The van der Waals surface area contributed by atoms with Gasteiger partial charge in [0.25, 0.3) is 0 Å². The number of nitrogens with two attached hydrogens (primary N) is 1. The van der Waals surface area contributed by atoms with Crippen molar-refractivity contribution in [1.29, 1.82) is 0 Å². The van der Waals surface area contributed by atoms with Crippen LogP contribution < -0.4 is 5.73 Å². The fraction of sp³-hybridized carbons (Fsp3) is 0.600. The van der Waals surface area contributed by atoms with Gasteiger partial charge in [-0.05, 0) is 38.9 Å². The Kier molecular flexibility index (Phi) is 6.33. The van der Waals surface area contributed by atoms with Gasteiger partial charge in [-0.25, -0.2) is 0 Å². The molecule has 0 radical (unpaired) electrons. The lowest BCUT2D eigenvalue weighted by atomic mass is 9.98. The molecule has 0 amide bonds. The molecule has 0 fully saturated rings. The molecular formula is C15H26N2O. The molecule has 18 heavy (non-hydrogen) atoms. The molecule has 0 heterocycles. The van der Waals surface area contributed by atoms with Gasteiger partial charge in [0, 0.05) is 25.7 Å². The SMILES string of the molecule is CCOCCN(C)C(CN)c1cc(C)ccc1C. The van der Waals surface area contributed by atoms with Crippen LogP contribution in [0.2, 0.25) is 0 Å². The maximum Gasteiger partial charge on any atom is 0.0593 e. The van der Waals surface area contributed by atoms with Crippen molar-refractivity contribution < 1.29 is 4.74 Å². The van der Waals surface area contributed by atoms with E-state index in [0.29, 0.717) is 6.54 Å². The van der Waals surface area contributed by atoms with Gasteiger partial charge < -0.3 is 10.5 Å². The average Bonchev–Trinajstić information content (AvgIpc) is 2.35. The summed E-state index contributed by atoms with van der Waals surface area (Å²) in [6.07, 6.45) is 0. The summed E-state index contributed by atoms with van der Waals surface area (Å²) >= 11 is 0. The molecule has 0 aromatic heterocycles. The Balaban J connectivity index is 2.78. The van der Waals surface area contributed by atoms with Gasteiger partial charge in [0.15, 0.2) is 0 Å². The van der Waals surface area contributed by atoms with Crippen LogP contribution >= 0.6 is 0 Å². The number of nitrogens with zero attached hydrogens (tertiary/aromatic N) is 1. The van der Waals surface area contributed by atoms with E-state index >= 15 is 0 Å². The first-order valence-electron chi connectivity index (χ1n) is 6.65. The van der Waals surface area contributed by atoms with E-state index < -0.39 is 0 Å². The van der Waals surface area contributed by atoms with Gasteiger partial charge >= 0.3 is 0 Å². The minimum absolute atomic E-state index is 0.269. The maximum atomic E-state index is 5.95. The molecule has 0 saturated heterocycles. The Bertz CT molecular complexity index is 366. The van der Waals surface area contributed by atoms with E-state index in [9.17, 15) is 0 Å². The van der Waals surface area contributed by atoms with E-state index in [1.165, 1.54) is 16.7 Å². The third-order valence-electron chi connectivity index (χ3n) is 3.34. The second kappa shape index (κ2) is 7.52. The molecule has 102 valence electrons. The van der Waals surface area contributed by atoms with Gasteiger partial charge in [-0.3, -0.25) is 4.90 Å². The normalized spacial score (nSPS) is 13.0. The first kappa shape index (κ1) is 15.2. The van der Waals surface area contributed by atoms with Gasteiger partial charge in [-0.15, -0.1) is 0 Å². The summed E-state index contributed by atoms with van der Waals surface area (Å²) in [4.78, 5) is 2.28. The molecule has 0 saturated carbocycles. The lowest BCUT2D eigenvalue weighted by Gasteiger charge is -2.28. The summed E-state index contributed by atoms with van der Waals surface area (Å²) in [5.74, 6) is 0. The highest BCUT2D eigenvalue weighted by atomic mass is 16.5. The van der Waals surface area contributed by atoms with Gasteiger partial charge in [0.1, 0.15) is 0 Å². The van der Waals surface area contributed by atoms with Crippen molar-refractivity contribution in [3.05, 3.63) is 34.9 Å². The molecule has 1 atom stereocenters. The van der Waals surface area contributed by atoms with E-state index in [0.717, 1.165) is 19.8 Å². The zero-order valence-corrected chi connectivity index (χ0v) is 12.1. The van der Waals surface area contributed by atoms with Crippen LogP contribution in [0.25, 0.3) is 0 Å². The Morgan fingerprint density at radius 3 is 2.67 bits per heavy atom. The number of rotatable bonds is 7. The van der Waals surface area contributed by atoms with Crippen LogP contribution in [0.15, 0.2) is 18.2 Å². The van der Waals surface area contributed by atoms with Crippen LogP contribution in [0.4, 0.5) is 0 Å².